The van der Waals surface area contributed by atoms with Gasteiger partial charge in [0, 0.05) is 48.7 Å². The van der Waals surface area contributed by atoms with E-state index in [9.17, 15) is 4.79 Å². The molecule has 0 aliphatic carbocycles. The quantitative estimate of drug-likeness (QED) is 0.581. The van der Waals surface area contributed by atoms with Crippen molar-refractivity contribution >= 4 is 29.0 Å². The summed E-state index contributed by atoms with van der Waals surface area (Å²) >= 11 is 3.20. The second-order valence-corrected chi connectivity index (χ2v) is 9.13. The molecule has 1 fully saturated rings. The van der Waals surface area contributed by atoms with Crippen molar-refractivity contribution in [2.75, 3.05) is 18.8 Å². The van der Waals surface area contributed by atoms with Gasteiger partial charge in [-0.15, -0.1) is 11.3 Å². The van der Waals surface area contributed by atoms with Crippen LogP contribution in [0.25, 0.3) is 5.69 Å². The van der Waals surface area contributed by atoms with E-state index in [0.717, 1.165) is 41.8 Å². The SMILES string of the molecule is Cc1cc(C)cc(-n2ccnc2SCC(=O)N2CCCC(c3nccs3)C2)c1. The number of aromatic nitrogens is 3. The van der Waals surface area contributed by atoms with Crippen molar-refractivity contribution in [3.8, 4) is 5.69 Å². The summed E-state index contributed by atoms with van der Waals surface area (Å²) in [6, 6.07) is 6.44. The Morgan fingerprint density at radius 3 is 2.79 bits per heavy atom. The summed E-state index contributed by atoms with van der Waals surface area (Å²) in [6.07, 6.45) is 7.76. The molecule has 1 saturated heterocycles. The van der Waals surface area contributed by atoms with Crippen LogP contribution in [0.15, 0.2) is 47.3 Å². The summed E-state index contributed by atoms with van der Waals surface area (Å²) in [6.45, 7) is 5.81. The first-order valence-electron chi connectivity index (χ1n) is 9.52. The Labute approximate surface area is 173 Å². The molecule has 1 amide bonds. The Morgan fingerprint density at radius 1 is 1.21 bits per heavy atom. The van der Waals surface area contributed by atoms with Gasteiger partial charge in [-0.1, -0.05) is 17.8 Å². The van der Waals surface area contributed by atoms with Gasteiger partial charge in [-0.2, -0.15) is 0 Å². The second-order valence-electron chi connectivity index (χ2n) is 7.26. The van der Waals surface area contributed by atoms with Crippen molar-refractivity contribution in [3.05, 3.63) is 58.3 Å². The van der Waals surface area contributed by atoms with Crippen LogP contribution in [0.2, 0.25) is 0 Å². The summed E-state index contributed by atoms with van der Waals surface area (Å²) < 4.78 is 2.06. The highest BCUT2D eigenvalue weighted by molar-refractivity contribution is 7.99. The Hall–Kier alpha value is -2.12. The average molecular weight is 413 g/mol. The smallest absolute Gasteiger partial charge is 0.233 e. The molecule has 1 unspecified atom stereocenters. The van der Waals surface area contributed by atoms with Gasteiger partial charge in [0.2, 0.25) is 5.91 Å². The lowest BCUT2D eigenvalue weighted by Crippen LogP contribution is -2.40. The fourth-order valence-electron chi connectivity index (χ4n) is 3.74. The van der Waals surface area contributed by atoms with Gasteiger partial charge in [-0.25, -0.2) is 9.97 Å². The lowest BCUT2D eigenvalue weighted by molar-refractivity contribution is -0.129. The number of amides is 1. The average Bonchev–Trinajstić information content (AvgIpc) is 3.37. The largest absolute Gasteiger partial charge is 0.341 e. The van der Waals surface area contributed by atoms with Crippen LogP contribution in [0.4, 0.5) is 0 Å². The number of carbonyl (C=O) groups excluding carboxylic acids is 1. The molecular weight excluding hydrogens is 388 g/mol. The molecule has 0 radical (unpaired) electrons. The van der Waals surface area contributed by atoms with Gasteiger partial charge in [0.15, 0.2) is 5.16 Å². The molecule has 3 aromatic rings. The molecule has 7 heteroatoms. The molecule has 5 nitrogen and oxygen atoms in total. The van der Waals surface area contributed by atoms with Crippen molar-refractivity contribution in [1.82, 2.24) is 19.4 Å². The molecule has 1 aliphatic heterocycles. The van der Waals surface area contributed by atoms with E-state index in [1.807, 2.05) is 22.7 Å². The second kappa shape index (κ2) is 8.49. The Bertz CT molecular complexity index is 931. The van der Waals surface area contributed by atoms with Crippen molar-refractivity contribution in [2.45, 2.75) is 37.8 Å². The topological polar surface area (TPSA) is 51.0 Å². The predicted octanol–water partition coefficient (Wildman–Crippen LogP) is 4.44. The summed E-state index contributed by atoms with van der Waals surface area (Å²) in [5, 5.41) is 4.01. The van der Waals surface area contributed by atoms with E-state index in [0.29, 0.717) is 11.7 Å². The number of thioether (sulfide) groups is 1. The highest BCUT2D eigenvalue weighted by Crippen LogP contribution is 2.29. The third-order valence-corrected chi connectivity index (χ3v) is 6.88. The molecule has 1 aromatic carbocycles. The summed E-state index contributed by atoms with van der Waals surface area (Å²) in [5.41, 5.74) is 3.53. The van der Waals surface area contributed by atoms with Crippen LogP contribution in [0.1, 0.15) is 34.9 Å². The molecule has 2 aromatic heterocycles. The van der Waals surface area contributed by atoms with Crippen molar-refractivity contribution in [2.24, 2.45) is 0 Å². The predicted molar refractivity (Wildman–Crippen MR) is 114 cm³/mol. The van der Waals surface area contributed by atoms with Gasteiger partial charge in [0.25, 0.3) is 0 Å². The maximum atomic E-state index is 12.8. The first kappa shape index (κ1) is 19.2. The molecule has 3 heterocycles. The molecule has 1 atom stereocenters. The van der Waals surface area contributed by atoms with Crippen LogP contribution in [0, 0.1) is 13.8 Å². The van der Waals surface area contributed by atoms with E-state index in [-0.39, 0.29) is 5.91 Å². The van der Waals surface area contributed by atoms with Crippen LogP contribution in [-0.4, -0.2) is 44.2 Å². The van der Waals surface area contributed by atoms with Gasteiger partial charge in [0.1, 0.15) is 0 Å². The number of benzene rings is 1. The molecule has 28 heavy (non-hydrogen) atoms. The number of imidazole rings is 1. The van der Waals surface area contributed by atoms with Gasteiger partial charge < -0.3 is 4.90 Å². The zero-order valence-corrected chi connectivity index (χ0v) is 17.8. The van der Waals surface area contributed by atoms with E-state index in [4.69, 9.17) is 0 Å². The van der Waals surface area contributed by atoms with Gasteiger partial charge in [-0.3, -0.25) is 9.36 Å². The van der Waals surface area contributed by atoms with Crippen LogP contribution >= 0.6 is 23.1 Å². The van der Waals surface area contributed by atoms with Crippen LogP contribution < -0.4 is 0 Å². The first-order chi connectivity index (χ1) is 13.6. The Morgan fingerprint density at radius 2 is 2.04 bits per heavy atom. The lowest BCUT2D eigenvalue weighted by Gasteiger charge is -2.31. The van der Waals surface area contributed by atoms with Crippen LogP contribution in [0.3, 0.4) is 0 Å². The summed E-state index contributed by atoms with van der Waals surface area (Å²) in [7, 11) is 0. The van der Waals surface area contributed by atoms with E-state index in [1.165, 1.54) is 22.9 Å². The van der Waals surface area contributed by atoms with Crippen LogP contribution in [-0.2, 0) is 4.79 Å². The van der Waals surface area contributed by atoms with E-state index >= 15 is 0 Å². The van der Waals surface area contributed by atoms with E-state index in [2.05, 4.69) is 46.6 Å². The van der Waals surface area contributed by atoms with Crippen molar-refractivity contribution in [3.63, 3.8) is 0 Å². The number of carbonyl (C=O) groups is 1. The molecule has 146 valence electrons. The monoisotopic (exact) mass is 412 g/mol. The van der Waals surface area contributed by atoms with E-state index in [1.54, 1.807) is 17.5 Å². The van der Waals surface area contributed by atoms with Gasteiger partial charge in [-0.05, 0) is 49.9 Å². The maximum Gasteiger partial charge on any atom is 0.233 e. The lowest BCUT2D eigenvalue weighted by atomic mass is 9.99. The number of hydrogen-bond donors (Lipinski definition) is 0. The molecule has 1 aliphatic rings. The Balaban J connectivity index is 1.41. The maximum absolute atomic E-state index is 12.8. The normalized spacial score (nSPS) is 17.1. The minimum Gasteiger partial charge on any atom is -0.341 e. The molecule has 0 saturated carbocycles. The molecule has 0 bridgehead atoms. The fourth-order valence-corrected chi connectivity index (χ4v) is 5.39. The summed E-state index contributed by atoms with van der Waals surface area (Å²) in [4.78, 5) is 23.7. The number of hydrogen-bond acceptors (Lipinski definition) is 5. The minimum atomic E-state index is 0.182. The van der Waals surface area contributed by atoms with Crippen molar-refractivity contribution in [1.29, 1.82) is 0 Å². The fraction of sp³-hybridized carbons (Fsp3) is 0.381. The number of piperidine rings is 1. The highest BCUT2D eigenvalue weighted by atomic mass is 32.2. The standard InChI is InChI=1S/C21H24N4OS2/c1-15-10-16(2)12-18(11-15)25-8-5-23-21(25)28-14-19(26)24-7-3-4-17(13-24)20-22-6-9-27-20/h5-6,8-12,17H,3-4,7,13-14H2,1-2H3. The zero-order valence-electron chi connectivity index (χ0n) is 16.2. The number of likely N-dealkylation sites (tertiary alicyclic amines) is 1. The number of nitrogens with zero attached hydrogens (tertiary/aromatic N) is 4. The third kappa shape index (κ3) is 4.31. The van der Waals surface area contributed by atoms with E-state index < -0.39 is 0 Å². The Kier molecular flexibility index (Phi) is 5.82. The zero-order chi connectivity index (χ0) is 19.5. The number of rotatable bonds is 5. The molecular formula is C21H24N4OS2. The van der Waals surface area contributed by atoms with Gasteiger partial charge >= 0.3 is 0 Å². The van der Waals surface area contributed by atoms with Gasteiger partial charge in [0.05, 0.1) is 10.8 Å². The molecule has 4 rings (SSSR count). The number of aryl methyl sites for hydroxylation is 2. The van der Waals surface area contributed by atoms with Crippen LogP contribution in [0.5, 0.6) is 0 Å². The third-order valence-electron chi connectivity index (χ3n) is 4.99. The summed E-state index contributed by atoms with van der Waals surface area (Å²) in [5.74, 6) is 0.966. The highest BCUT2D eigenvalue weighted by Gasteiger charge is 2.26. The number of thiazole rings is 1. The molecule has 0 N–H and O–H groups in total. The molecule has 0 spiro atoms. The van der Waals surface area contributed by atoms with Crippen molar-refractivity contribution < 1.29 is 4.79 Å². The minimum absolute atomic E-state index is 0.182. The first-order valence-corrected chi connectivity index (χ1v) is 11.4.